The number of piperidine rings is 1. The molecule has 0 bridgehead atoms. The van der Waals surface area contributed by atoms with Gasteiger partial charge in [0.2, 0.25) is 21.8 Å². The van der Waals surface area contributed by atoms with Gasteiger partial charge in [-0.2, -0.15) is 4.31 Å². The number of carbonyl (C=O) groups excluding carboxylic acids is 2. The maximum atomic E-state index is 13.0. The van der Waals surface area contributed by atoms with Gasteiger partial charge in [-0.1, -0.05) is 6.42 Å². The molecule has 9 nitrogen and oxygen atoms in total. The third-order valence-corrected chi connectivity index (χ3v) is 8.36. The maximum Gasteiger partial charge on any atom is 0.243 e. The van der Waals surface area contributed by atoms with E-state index in [4.69, 9.17) is 4.74 Å². The molecule has 1 aromatic rings. The summed E-state index contributed by atoms with van der Waals surface area (Å²) >= 11 is 0. The molecule has 176 valence electrons. The molecule has 10 heteroatoms. The molecule has 1 N–H and O–H groups in total. The van der Waals surface area contributed by atoms with Crippen molar-refractivity contribution in [3.8, 4) is 0 Å². The van der Waals surface area contributed by atoms with Crippen molar-refractivity contribution >= 4 is 27.5 Å². The van der Waals surface area contributed by atoms with Crippen LogP contribution in [0.25, 0.3) is 0 Å². The van der Waals surface area contributed by atoms with Gasteiger partial charge in [0.1, 0.15) is 6.04 Å². The molecule has 1 atom stereocenters. The molecule has 2 amide bonds. The Morgan fingerprint density at radius 3 is 2.50 bits per heavy atom. The maximum absolute atomic E-state index is 13.0. The number of sulfonamides is 1. The highest BCUT2D eigenvalue weighted by Crippen LogP contribution is 2.35. The molecule has 0 unspecified atom stereocenters. The van der Waals surface area contributed by atoms with Crippen LogP contribution in [0.5, 0.6) is 0 Å². The number of nitrogens with one attached hydrogen (secondary N) is 1. The van der Waals surface area contributed by atoms with E-state index in [0.29, 0.717) is 50.5 Å². The summed E-state index contributed by atoms with van der Waals surface area (Å²) in [5, 5.41) is 2.97. The summed E-state index contributed by atoms with van der Waals surface area (Å²) in [4.78, 5) is 29.3. The molecule has 0 aromatic heterocycles. The minimum absolute atomic E-state index is 0.188. The Bertz CT molecular complexity index is 955. The highest BCUT2D eigenvalue weighted by molar-refractivity contribution is 7.89. The molecular weight excluding hydrogens is 432 g/mol. The van der Waals surface area contributed by atoms with Crippen molar-refractivity contribution in [1.82, 2.24) is 14.5 Å². The van der Waals surface area contributed by atoms with E-state index in [-0.39, 0.29) is 16.7 Å². The zero-order valence-electron chi connectivity index (χ0n) is 18.6. The van der Waals surface area contributed by atoms with Crippen molar-refractivity contribution in [2.45, 2.75) is 43.5 Å². The summed E-state index contributed by atoms with van der Waals surface area (Å²) in [6.07, 6.45) is 3.95. The summed E-state index contributed by atoms with van der Waals surface area (Å²) in [5.41, 5.74) is 1.31. The number of hydrogen-bond donors (Lipinski definition) is 1. The van der Waals surface area contributed by atoms with Gasteiger partial charge in [0.15, 0.2) is 0 Å². The van der Waals surface area contributed by atoms with Crippen LogP contribution in [0, 0.1) is 0 Å². The predicted molar refractivity (Wildman–Crippen MR) is 120 cm³/mol. The Morgan fingerprint density at radius 2 is 1.81 bits per heavy atom. The number of carbonyl (C=O) groups is 2. The van der Waals surface area contributed by atoms with Gasteiger partial charge in [0.25, 0.3) is 0 Å². The first-order valence-electron chi connectivity index (χ1n) is 11.4. The Morgan fingerprint density at radius 1 is 1.09 bits per heavy atom. The number of ether oxygens (including phenoxy) is 1. The fraction of sp³-hybridized carbons (Fsp3) is 0.636. The van der Waals surface area contributed by atoms with E-state index in [0.717, 1.165) is 19.6 Å². The van der Waals surface area contributed by atoms with Gasteiger partial charge in [0, 0.05) is 45.2 Å². The number of nitrogens with zero attached hydrogens (tertiary/aromatic N) is 3. The van der Waals surface area contributed by atoms with Crippen LogP contribution < -0.4 is 10.2 Å². The molecule has 3 aliphatic heterocycles. The van der Waals surface area contributed by atoms with Crippen LogP contribution in [0.1, 0.15) is 31.7 Å². The van der Waals surface area contributed by atoms with Gasteiger partial charge in [-0.05, 0) is 49.7 Å². The number of hydrogen-bond acceptors (Lipinski definition) is 6. The SMILES string of the molecule is CC(=O)N1c2ccc(S(=O)(=O)N3CCOCC3)cc2C[C@@H]1C(=O)NCCN1CCCCC1. The van der Waals surface area contributed by atoms with Crippen molar-refractivity contribution in [3.63, 3.8) is 0 Å². The standard InChI is InChI=1S/C22H32N4O5S/c1-17(27)26-20-6-5-19(32(29,30)25-11-13-31-14-12-25)15-18(20)16-21(26)22(28)23-7-10-24-8-3-2-4-9-24/h5-6,15,21H,2-4,7-14,16H2,1H3,(H,23,28)/t21-/m1/s1. The average molecular weight is 465 g/mol. The van der Waals surface area contributed by atoms with E-state index < -0.39 is 16.1 Å². The number of rotatable bonds is 6. The highest BCUT2D eigenvalue weighted by Gasteiger charge is 2.38. The summed E-state index contributed by atoms with van der Waals surface area (Å²) in [6, 6.07) is 4.11. The van der Waals surface area contributed by atoms with E-state index in [1.165, 1.54) is 41.5 Å². The van der Waals surface area contributed by atoms with Crippen LogP contribution >= 0.6 is 0 Å². The molecule has 4 rings (SSSR count). The predicted octanol–water partition coefficient (Wildman–Crippen LogP) is 0.587. The quantitative estimate of drug-likeness (QED) is 0.662. The van der Waals surface area contributed by atoms with E-state index >= 15 is 0 Å². The Hall–Kier alpha value is -2.01. The summed E-state index contributed by atoms with van der Waals surface area (Å²) in [6.45, 7) is 6.28. The minimum atomic E-state index is -3.64. The fourth-order valence-electron chi connectivity index (χ4n) is 4.76. The molecule has 2 saturated heterocycles. The zero-order chi connectivity index (χ0) is 22.7. The smallest absolute Gasteiger partial charge is 0.243 e. The molecule has 0 spiro atoms. The molecule has 32 heavy (non-hydrogen) atoms. The summed E-state index contributed by atoms with van der Waals surface area (Å²) in [7, 11) is -3.64. The van der Waals surface area contributed by atoms with Gasteiger partial charge < -0.3 is 15.0 Å². The van der Waals surface area contributed by atoms with Crippen molar-refractivity contribution < 1.29 is 22.7 Å². The number of fused-ring (bicyclic) bond motifs is 1. The Labute approximate surface area is 189 Å². The van der Waals surface area contributed by atoms with Crippen LogP contribution in [0.2, 0.25) is 0 Å². The van der Waals surface area contributed by atoms with Gasteiger partial charge in [-0.25, -0.2) is 8.42 Å². The first-order chi connectivity index (χ1) is 15.4. The van der Waals surface area contributed by atoms with Crippen molar-refractivity contribution in [1.29, 1.82) is 0 Å². The van der Waals surface area contributed by atoms with Crippen LogP contribution in [0.4, 0.5) is 5.69 Å². The van der Waals surface area contributed by atoms with Crippen LogP contribution in [-0.2, 0) is 30.8 Å². The first kappa shape index (κ1) is 23.2. The summed E-state index contributed by atoms with van der Waals surface area (Å²) < 4.78 is 32.7. The molecule has 0 aliphatic carbocycles. The minimum Gasteiger partial charge on any atom is -0.379 e. The Kier molecular flexibility index (Phi) is 7.14. The largest absolute Gasteiger partial charge is 0.379 e. The highest BCUT2D eigenvalue weighted by atomic mass is 32.2. The average Bonchev–Trinajstić information content (AvgIpc) is 3.19. The van der Waals surface area contributed by atoms with Crippen LogP contribution in [-0.4, -0.2) is 88.0 Å². The van der Waals surface area contributed by atoms with E-state index in [9.17, 15) is 18.0 Å². The van der Waals surface area contributed by atoms with Gasteiger partial charge in [-0.15, -0.1) is 0 Å². The molecule has 3 heterocycles. The van der Waals surface area contributed by atoms with Crippen LogP contribution in [0.3, 0.4) is 0 Å². The first-order valence-corrected chi connectivity index (χ1v) is 12.8. The number of likely N-dealkylation sites (tertiary alicyclic amines) is 1. The summed E-state index contributed by atoms with van der Waals surface area (Å²) in [5.74, 6) is -0.435. The number of amides is 2. The topological polar surface area (TPSA) is 99.3 Å². The molecule has 1 aromatic carbocycles. The van der Waals surface area contributed by atoms with E-state index in [1.54, 1.807) is 12.1 Å². The monoisotopic (exact) mass is 464 g/mol. The second kappa shape index (κ2) is 9.86. The molecule has 2 fully saturated rings. The lowest BCUT2D eigenvalue weighted by atomic mass is 10.1. The third kappa shape index (κ3) is 4.83. The normalized spacial score (nSPS) is 22.5. The lowest BCUT2D eigenvalue weighted by Gasteiger charge is -2.27. The number of morpholine rings is 1. The zero-order valence-corrected chi connectivity index (χ0v) is 19.4. The fourth-order valence-corrected chi connectivity index (χ4v) is 6.22. The van der Waals surface area contributed by atoms with E-state index in [2.05, 4.69) is 10.2 Å². The molecule has 0 radical (unpaired) electrons. The number of anilines is 1. The van der Waals surface area contributed by atoms with Crippen molar-refractivity contribution in [2.75, 3.05) is 57.4 Å². The van der Waals surface area contributed by atoms with Gasteiger partial charge in [-0.3, -0.25) is 14.5 Å². The second-order valence-electron chi connectivity index (χ2n) is 8.61. The number of benzene rings is 1. The lowest BCUT2D eigenvalue weighted by Crippen LogP contribution is -2.49. The van der Waals surface area contributed by atoms with Crippen LogP contribution in [0.15, 0.2) is 23.1 Å². The molecule has 3 aliphatic rings. The van der Waals surface area contributed by atoms with Gasteiger partial charge in [0.05, 0.1) is 18.1 Å². The third-order valence-electron chi connectivity index (χ3n) is 6.46. The van der Waals surface area contributed by atoms with Crippen molar-refractivity contribution in [3.05, 3.63) is 23.8 Å². The lowest BCUT2D eigenvalue weighted by molar-refractivity contribution is -0.125. The molecular formula is C22H32N4O5S. The molecule has 0 saturated carbocycles. The second-order valence-corrected chi connectivity index (χ2v) is 10.5. The van der Waals surface area contributed by atoms with E-state index in [1.807, 2.05) is 0 Å². The van der Waals surface area contributed by atoms with Crippen molar-refractivity contribution in [2.24, 2.45) is 0 Å². The Balaban J connectivity index is 1.46. The van der Waals surface area contributed by atoms with Gasteiger partial charge >= 0.3 is 0 Å².